The molecule has 0 N–H and O–H groups in total. The van der Waals surface area contributed by atoms with Gasteiger partial charge in [-0.3, -0.25) is 14.5 Å². The Kier molecular flexibility index (Phi) is 6.32. The second-order valence-corrected chi connectivity index (χ2v) is 9.48. The van der Waals surface area contributed by atoms with Crippen LogP contribution in [-0.4, -0.2) is 79.0 Å². The van der Waals surface area contributed by atoms with E-state index < -0.39 is 0 Å². The lowest BCUT2D eigenvalue weighted by Gasteiger charge is -2.36. The van der Waals surface area contributed by atoms with Crippen molar-refractivity contribution in [3.8, 4) is 11.5 Å². The van der Waals surface area contributed by atoms with Crippen LogP contribution in [0.15, 0.2) is 35.7 Å². The molecule has 32 heavy (non-hydrogen) atoms. The summed E-state index contributed by atoms with van der Waals surface area (Å²) in [4.78, 5) is 32.4. The molecule has 0 radical (unpaired) electrons. The van der Waals surface area contributed by atoms with Crippen LogP contribution in [0.3, 0.4) is 0 Å². The first-order valence-electron chi connectivity index (χ1n) is 11.4. The molecule has 3 aliphatic heterocycles. The van der Waals surface area contributed by atoms with E-state index in [0.29, 0.717) is 45.9 Å². The number of piperazine rings is 1. The van der Waals surface area contributed by atoms with Crippen molar-refractivity contribution in [1.29, 1.82) is 0 Å². The summed E-state index contributed by atoms with van der Waals surface area (Å²) in [6, 6.07) is 10.2. The number of carbonyl (C=O) groups excluding carboxylic acids is 2. The fourth-order valence-electron chi connectivity index (χ4n) is 4.77. The van der Waals surface area contributed by atoms with Crippen LogP contribution in [0.2, 0.25) is 0 Å². The van der Waals surface area contributed by atoms with E-state index in [1.807, 2.05) is 33.4 Å². The number of benzene rings is 1. The van der Waals surface area contributed by atoms with Crippen molar-refractivity contribution in [3.63, 3.8) is 0 Å². The van der Waals surface area contributed by atoms with Gasteiger partial charge < -0.3 is 19.3 Å². The van der Waals surface area contributed by atoms with Gasteiger partial charge in [0.15, 0.2) is 11.5 Å². The van der Waals surface area contributed by atoms with Gasteiger partial charge >= 0.3 is 0 Å². The third kappa shape index (κ3) is 4.47. The average molecular weight is 456 g/mol. The van der Waals surface area contributed by atoms with Gasteiger partial charge in [0.1, 0.15) is 0 Å². The van der Waals surface area contributed by atoms with Gasteiger partial charge in [-0.2, -0.15) is 0 Å². The second-order valence-electron chi connectivity index (χ2n) is 8.54. The number of hydrogen-bond donors (Lipinski definition) is 0. The summed E-state index contributed by atoms with van der Waals surface area (Å²) in [5.74, 6) is 1.84. The Morgan fingerprint density at radius 3 is 2.50 bits per heavy atom. The molecule has 0 bridgehead atoms. The highest BCUT2D eigenvalue weighted by atomic mass is 32.1. The smallest absolute Gasteiger partial charge is 0.264 e. The van der Waals surface area contributed by atoms with E-state index in [1.165, 1.54) is 16.9 Å². The molecule has 2 fully saturated rings. The Balaban J connectivity index is 1.18. The van der Waals surface area contributed by atoms with Crippen LogP contribution in [0, 0.1) is 0 Å². The third-order valence-electron chi connectivity index (χ3n) is 6.51. The Bertz CT molecular complexity index is 956. The molecule has 2 amide bonds. The molecular formula is C24H29N3O4S. The van der Waals surface area contributed by atoms with Crippen molar-refractivity contribution < 1.29 is 19.1 Å². The van der Waals surface area contributed by atoms with Gasteiger partial charge in [-0.1, -0.05) is 12.1 Å². The summed E-state index contributed by atoms with van der Waals surface area (Å²) in [5.41, 5.74) is 1.19. The minimum Gasteiger partial charge on any atom is -0.490 e. The first kappa shape index (κ1) is 21.3. The highest BCUT2D eigenvalue weighted by Gasteiger charge is 2.31. The van der Waals surface area contributed by atoms with Crippen molar-refractivity contribution in [2.24, 2.45) is 0 Å². The van der Waals surface area contributed by atoms with E-state index in [2.05, 4.69) is 17.0 Å². The molecule has 0 unspecified atom stereocenters. The summed E-state index contributed by atoms with van der Waals surface area (Å²) < 4.78 is 11.6. The highest BCUT2D eigenvalue weighted by Crippen LogP contribution is 2.37. The predicted molar refractivity (Wildman–Crippen MR) is 122 cm³/mol. The van der Waals surface area contributed by atoms with Crippen molar-refractivity contribution in [2.45, 2.75) is 25.3 Å². The normalized spacial score (nSPS) is 21.4. The minimum atomic E-state index is 0.0705. The standard InChI is InChI=1S/C24H29N3O4S/c28-23(25-9-11-26(12-10-25)24(29)22-5-2-15-32-22)17-27-8-1-4-19(27)18-6-7-20-21(16-18)31-14-3-13-30-20/h2,5-7,15-16,19H,1,3-4,8-14,17H2/t19-/m1/s1. The fourth-order valence-corrected chi connectivity index (χ4v) is 5.46. The molecular weight excluding hydrogens is 426 g/mol. The molecule has 8 heteroatoms. The van der Waals surface area contributed by atoms with Crippen LogP contribution < -0.4 is 9.47 Å². The molecule has 7 nitrogen and oxygen atoms in total. The molecule has 0 saturated carbocycles. The van der Waals surface area contributed by atoms with Crippen LogP contribution in [-0.2, 0) is 4.79 Å². The van der Waals surface area contributed by atoms with Crippen molar-refractivity contribution >= 4 is 23.2 Å². The van der Waals surface area contributed by atoms with Gasteiger partial charge in [-0.15, -0.1) is 11.3 Å². The number of thiophene rings is 1. The van der Waals surface area contributed by atoms with Gasteiger partial charge in [0, 0.05) is 38.6 Å². The maximum atomic E-state index is 13.1. The Morgan fingerprint density at radius 2 is 1.72 bits per heavy atom. The Hall–Kier alpha value is -2.58. The predicted octanol–water partition coefficient (Wildman–Crippen LogP) is 3.03. The number of nitrogens with zero attached hydrogens (tertiary/aromatic N) is 3. The van der Waals surface area contributed by atoms with Crippen molar-refractivity contribution in [2.75, 3.05) is 52.5 Å². The molecule has 5 rings (SSSR count). The molecule has 4 heterocycles. The Labute approximate surface area is 192 Å². The molecule has 0 aliphatic carbocycles. The molecule has 1 aromatic heterocycles. The third-order valence-corrected chi connectivity index (χ3v) is 7.37. The van der Waals surface area contributed by atoms with Gasteiger partial charge in [-0.05, 0) is 48.5 Å². The van der Waals surface area contributed by atoms with Crippen LogP contribution in [0.4, 0.5) is 0 Å². The molecule has 0 spiro atoms. The van der Waals surface area contributed by atoms with E-state index in [4.69, 9.17) is 9.47 Å². The van der Waals surface area contributed by atoms with Crippen LogP contribution >= 0.6 is 11.3 Å². The zero-order valence-electron chi connectivity index (χ0n) is 18.2. The minimum absolute atomic E-state index is 0.0705. The SMILES string of the molecule is O=C(CN1CCC[C@@H]1c1ccc2c(c1)OCCCO2)N1CCN(C(=O)c2cccs2)CC1. The number of ether oxygens (including phenoxy) is 2. The number of likely N-dealkylation sites (tertiary alicyclic amines) is 1. The maximum Gasteiger partial charge on any atom is 0.264 e. The first-order valence-corrected chi connectivity index (χ1v) is 12.3. The number of amides is 2. The average Bonchev–Trinajstić information content (AvgIpc) is 3.47. The summed E-state index contributed by atoms with van der Waals surface area (Å²) >= 11 is 1.47. The molecule has 2 saturated heterocycles. The monoisotopic (exact) mass is 455 g/mol. The van der Waals surface area contributed by atoms with Crippen LogP contribution in [0.25, 0.3) is 0 Å². The number of rotatable bonds is 4. The first-order chi connectivity index (χ1) is 15.7. The number of carbonyl (C=O) groups is 2. The van der Waals surface area contributed by atoms with Gasteiger partial charge in [0.25, 0.3) is 5.91 Å². The summed E-state index contributed by atoms with van der Waals surface area (Å²) in [7, 11) is 0. The van der Waals surface area contributed by atoms with Gasteiger partial charge in [0.2, 0.25) is 5.91 Å². The lowest BCUT2D eigenvalue weighted by Crippen LogP contribution is -2.52. The van der Waals surface area contributed by atoms with E-state index >= 15 is 0 Å². The molecule has 2 aromatic rings. The van der Waals surface area contributed by atoms with E-state index in [-0.39, 0.29) is 17.9 Å². The topological polar surface area (TPSA) is 62.3 Å². The summed E-state index contributed by atoms with van der Waals surface area (Å²) in [6.45, 7) is 5.06. The maximum absolute atomic E-state index is 13.1. The lowest BCUT2D eigenvalue weighted by molar-refractivity contribution is -0.134. The molecule has 3 aliphatic rings. The summed E-state index contributed by atoms with van der Waals surface area (Å²) in [5, 5.41) is 1.92. The molecule has 1 aromatic carbocycles. The van der Waals surface area contributed by atoms with Crippen molar-refractivity contribution in [3.05, 3.63) is 46.2 Å². The Morgan fingerprint density at radius 1 is 0.938 bits per heavy atom. The van der Waals surface area contributed by atoms with E-state index in [9.17, 15) is 9.59 Å². The van der Waals surface area contributed by atoms with Gasteiger partial charge in [0.05, 0.1) is 24.6 Å². The fraction of sp³-hybridized carbons (Fsp3) is 0.500. The van der Waals surface area contributed by atoms with E-state index in [1.54, 1.807) is 0 Å². The van der Waals surface area contributed by atoms with Crippen molar-refractivity contribution in [1.82, 2.24) is 14.7 Å². The van der Waals surface area contributed by atoms with Gasteiger partial charge in [-0.25, -0.2) is 0 Å². The van der Waals surface area contributed by atoms with Crippen LogP contribution in [0.1, 0.15) is 40.5 Å². The zero-order valence-corrected chi connectivity index (χ0v) is 19.0. The zero-order chi connectivity index (χ0) is 21.9. The largest absolute Gasteiger partial charge is 0.490 e. The molecule has 1 atom stereocenters. The van der Waals surface area contributed by atoms with Crippen LogP contribution in [0.5, 0.6) is 11.5 Å². The summed E-state index contributed by atoms with van der Waals surface area (Å²) in [6.07, 6.45) is 3.01. The highest BCUT2D eigenvalue weighted by molar-refractivity contribution is 7.12. The number of fused-ring (bicyclic) bond motifs is 1. The molecule has 170 valence electrons. The lowest BCUT2D eigenvalue weighted by atomic mass is 10.0. The number of hydrogen-bond acceptors (Lipinski definition) is 6. The second kappa shape index (κ2) is 9.50. The quantitative estimate of drug-likeness (QED) is 0.709. The van der Waals surface area contributed by atoms with E-state index in [0.717, 1.165) is 42.2 Å².